The molecule has 4 nitrogen and oxygen atoms in total. The van der Waals surface area contributed by atoms with Gasteiger partial charge in [-0.1, -0.05) is 6.07 Å². The van der Waals surface area contributed by atoms with Gasteiger partial charge in [0.05, 0.1) is 5.52 Å². The van der Waals surface area contributed by atoms with Gasteiger partial charge >= 0.3 is 0 Å². The first kappa shape index (κ1) is 10.5. The highest BCUT2D eigenvalue weighted by Gasteiger charge is 2.04. The van der Waals surface area contributed by atoms with Crippen molar-refractivity contribution < 1.29 is 13.9 Å². The van der Waals surface area contributed by atoms with Gasteiger partial charge in [0.15, 0.2) is 12.0 Å². The standard InChI is InChI=1S/C14H9NO3/c16-9-12-5-6-14(18-12)17-11-4-3-10-2-1-7-15-13(10)8-11/h1-9H. The second-order valence-electron chi connectivity index (χ2n) is 3.73. The Labute approximate surface area is 103 Å². The van der Waals surface area contributed by atoms with Gasteiger partial charge in [-0.3, -0.25) is 9.78 Å². The van der Waals surface area contributed by atoms with Crippen LogP contribution >= 0.6 is 0 Å². The number of fused-ring (bicyclic) bond motifs is 1. The fraction of sp³-hybridized carbons (Fsp3) is 0. The number of carbonyl (C=O) groups is 1. The molecule has 0 saturated heterocycles. The molecule has 1 aromatic carbocycles. The third-order valence-electron chi connectivity index (χ3n) is 2.51. The van der Waals surface area contributed by atoms with Crippen LogP contribution in [0.25, 0.3) is 10.9 Å². The van der Waals surface area contributed by atoms with Crippen LogP contribution in [-0.4, -0.2) is 11.3 Å². The van der Waals surface area contributed by atoms with E-state index in [0.717, 1.165) is 10.9 Å². The summed E-state index contributed by atoms with van der Waals surface area (Å²) in [7, 11) is 0. The lowest BCUT2D eigenvalue weighted by Crippen LogP contribution is -1.83. The zero-order valence-corrected chi connectivity index (χ0v) is 9.37. The van der Waals surface area contributed by atoms with E-state index in [1.54, 1.807) is 18.3 Å². The van der Waals surface area contributed by atoms with Crippen molar-refractivity contribution in [1.82, 2.24) is 4.98 Å². The molecular formula is C14H9NO3. The Balaban J connectivity index is 1.92. The molecule has 88 valence electrons. The maximum Gasteiger partial charge on any atom is 0.290 e. The number of aromatic nitrogens is 1. The van der Waals surface area contributed by atoms with Crippen LogP contribution in [-0.2, 0) is 0 Å². The Morgan fingerprint density at radius 3 is 2.94 bits per heavy atom. The Hall–Kier alpha value is -2.62. The Kier molecular flexibility index (Phi) is 2.53. The number of hydrogen-bond acceptors (Lipinski definition) is 4. The number of hydrogen-bond donors (Lipinski definition) is 0. The molecule has 4 heteroatoms. The normalized spacial score (nSPS) is 10.4. The SMILES string of the molecule is O=Cc1ccc(Oc2ccc3cccnc3c2)o1. The third-order valence-corrected chi connectivity index (χ3v) is 2.51. The summed E-state index contributed by atoms with van der Waals surface area (Å²) in [6.07, 6.45) is 2.36. The largest absolute Gasteiger partial charge is 0.426 e. The van der Waals surface area contributed by atoms with E-state index in [-0.39, 0.29) is 11.7 Å². The molecule has 0 aliphatic heterocycles. The number of aldehydes is 1. The van der Waals surface area contributed by atoms with Crippen LogP contribution in [0.5, 0.6) is 11.7 Å². The maximum absolute atomic E-state index is 10.5. The molecule has 0 amide bonds. The van der Waals surface area contributed by atoms with Gasteiger partial charge in [-0.15, -0.1) is 0 Å². The van der Waals surface area contributed by atoms with Gasteiger partial charge in [0.25, 0.3) is 5.95 Å². The van der Waals surface area contributed by atoms with Crippen molar-refractivity contribution in [2.24, 2.45) is 0 Å². The molecule has 18 heavy (non-hydrogen) atoms. The summed E-state index contributed by atoms with van der Waals surface area (Å²) in [4.78, 5) is 14.7. The van der Waals surface area contributed by atoms with E-state index in [4.69, 9.17) is 9.15 Å². The molecule has 0 aliphatic carbocycles. The molecular weight excluding hydrogens is 230 g/mol. The summed E-state index contributed by atoms with van der Waals surface area (Å²) in [5.74, 6) is 1.14. The van der Waals surface area contributed by atoms with Gasteiger partial charge in [0.2, 0.25) is 0 Å². The topological polar surface area (TPSA) is 52.3 Å². The zero-order chi connectivity index (χ0) is 12.4. The molecule has 0 radical (unpaired) electrons. The molecule has 0 atom stereocenters. The molecule has 0 saturated carbocycles. The summed E-state index contributed by atoms with van der Waals surface area (Å²) in [6.45, 7) is 0. The predicted octanol–water partition coefficient (Wildman–Crippen LogP) is 3.43. The second-order valence-corrected chi connectivity index (χ2v) is 3.73. The number of pyridine rings is 1. The molecule has 2 heterocycles. The Morgan fingerprint density at radius 2 is 2.11 bits per heavy atom. The lowest BCUT2D eigenvalue weighted by molar-refractivity contribution is 0.109. The second kappa shape index (κ2) is 4.33. The fourth-order valence-corrected chi connectivity index (χ4v) is 1.68. The summed E-state index contributed by atoms with van der Waals surface area (Å²) < 4.78 is 10.6. The van der Waals surface area contributed by atoms with Gasteiger partial charge in [-0.25, -0.2) is 0 Å². The van der Waals surface area contributed by atoms with E-state index in [2.05, 4.69) is 4.98 Å². The molecule has 3 aromatic rings. The molecule has 0 spiro atoms. The van der Waals surface area contributed by atoms with Crippen molar-refractivity contribution in [3.63, 3.8) is 0 Å². The van der Waals surface area contributed by atoms with Gasteiger partial charge in [0.1, 0.15) is 5.75 Å². The van der Waals surface area contributed by atoms with Gasteiger partial charge < -0.3 is 9.15 Å². The van der Waals surface area contributed by atoms with Crippen molar-refractivity contribution >= 4 is 17.2 Å². The van der Waals surface area contributed by atoms with Crippen molar-refractivity contribution in [2.75, 3.05) is 0 Å². The molecule has 0 aliphatic rings. The summed E-state index contributed by atoms with van der Waals surface area (Å²) >= 11 is 0. The predicted molar refractivity (Wildman–Crippen MR) is 65.9 cm³/mol. The molecule has 0 unspecified atom stereocenters. The number of benzene rings is 1. The molecule has 0 bridgehead atoms. The molecule has 3 rings (SSSR count). The number of ether oxygens (including phenoxy) is 1. The quantitative estimate of drug-likeness (QED) is 0.657. The highest BCUT2D eigenvalue weighted by molar-refractivity contribution is 5.79. The van der Waals surface area contributed by atoms with E-state index in [1.807, 2.05) is 30.3 Å². The van der Waals surface area contributed by atoms with Crippen LogP contribution in [0.4, 0.5) is 0 Å². The van der Waals surface area contributed by atoms with Crippen LogP contribution in [0.15, 0.2) is 53.1 Å². The first-order valence-electron chi connectivity index (χ1n) is 5.43. The number of rotatable bonds is 3. The first-order valence-corrected chi connectivity index (χ1v) is 5.43. The molecule has 0 N–H and O–H groups in total. The average molecular weight is 239 g/mol. The minimum atomic E-state index is 0.240. The minimum Gasteiger partial charge on any atom is -0.426 e. The summed E-state index contributed by atoms with van der Waals surface area (Å²) in [6, 6.07) is 12.6. The van der Waals surface area contributed by atoms with Crippen molar-refractivity contribution in [2.45, 2.75) is 0 Å². The first-order chi connectivity index (χ1) is 8.85. The third kappa shape index (κ3) is 1.96. The zero-order valence-electron chi connectivity index (χ0n) is 9.37. The molecule has 0 fully saturated rings. The lowest BCUT2D eigenvalue weighted by Gasteiger charge is -2.03. The number of nitrogens with zero attached hydrogens (tertiary/aromatic N) is 1. The van der Waals surface area contributed by atoms with Crippen LogP contribution in [0.3, 0.4) is 0 Å². The van der Waals surface area contributed by atoms with E-state index < -0.39 is 0 Å². The maximum atomic E-state index is 10.5. The Morgan fingerprint density at radius 1 is 1.17 bits per heavy atom. The monoisotopic (exact) mass is 239 g/mol. The highest BCUT2D eigenvalue weighted by atomic mass is 16.6. The number of carbonyl (C=O) groups excluding carboxylic acids is 1. The van der Waals surface area contributed by atoms with Gasteiger partial charge in [-0.05, 0) is 24.3 Å². The van der Waals surface area contributed by atoms with E-state index in [0.29, 0.717) is 12.0 Å². The van der Waals surface area contributed by atoms with E-state index >= 15 is 0 Å². The summed E-state index contributed by atoms with van der Waals surface area (Å²) in [5, 5.41) is 1.04. The van der Waals surface area contributed by atoms with Crippen LogP contribution in [0, 0.1) is 0 Å². The smallest absolute Gasteiger partial charge is 0.290 e. The Bertz CT molecular complexity index is 703. The van der Waals surface area contributed by atoms with Gasteiger partial charge in [0, 0.05) is 23.7 Å². The van der Waals surface area contributed by atoms with Crippen molar-refractivity contribution in [3.05, 3.63) is 54.4 Å². The van der Waals surface area contributed by atoms with E-state index in [1.165, 1.54) is 0 Å². The summed E-state index contributed by atoms with van der Waals surface area (Å²) in [5.41, 5.74) is 0.845. The van der Waals surface area contributed by atoms with Crippen LogP contribution in [0.1, 0.15) is 10.6 Å². The van der Waals surface area contributed by atoms with Crippen molar-refractivity contribution in [1.29, 1.82) is 0 Å². The van der Waals surface area contributed by atoms with Crippen LogP contribution in [0.2, 0.25) is 0 Å². The average Bonchev–Trinajstić information content (AvgIpc) is 2.86. The van der Waals surface area contributed by atoms with E-state index in [9.17, 15) is 4.79 Å². The lowest BCUT2D eigenvalue weighted by atomic mass is 10.2. The fourth-order valence-electron chi connectivity index (χ4n) is 1.68. The highest BCUT2D eigenvalue weighted by Crippen LogP contribution is 2.25. The van der Waals surface area contributed by atoms with Crippen LogP contribution < -0.4 is 4.74 Å². The molecule has 2 aromatic heterocycles. The van der Waals surface area contributed by atoms with Crippen molar-refractivity contribution in [3.8, 4) is 11.7 Å². The minimum absolute atomic E-state index is 0.240. The van der Waals surface area contributed by atoms with Gasteiger partial charge in [-0.2, -0.15) is 0 Å². The number of furan rings is 1.